The summed E-state index contributed by atoms with van der Waals surface area (Å²) < 4.78 is 17.0. The fourth-order valence-corrected chi connectivity index (χ4v) is 10.7. The van der Waals surface area contributed by atoms with Gasteiger partial charge in [0.05, 0.1) is 0 Å². The van der Waals surface area contributed by atoms with Gasteiger partial charge in [0.1, 0.15) is 13.2 Å². The molecule has 0 amide bonds. The molecule has 0 fully saturated rings. The van der Waals surface area contributed by atoms with Crippen molar-refractivity contribution in [3.63, 3.8) is 0 Å². The van der Waals surface area contributed by atoms with Crippen LogP contribution in [0, 0.1) is 0 Å². The molecule has 6 nitrogen and oxygen atoms in total. The third kappa shape index (κ3) is 69.5. The predicted molar refractivity (Wildman–Crippen MR) is 362 cm³/mol. The Bertz CT molecular complexity index is 1520. The molecule has 0 radical (unpaired) electrons. The molecule has 0 aliphatic rings. The number of carbonyl (C=O) groups is 3. The molecule has 0 heterocycles. The van der Waals surface area contributed by atoms with E-state index in [0.717, 1.165) is 89.9 Å². The molecule has 0 aromatic carbocycles. The van der Waals surface area contributed by atoms with E-state index in [1.54, 1.807) is 0 Å². The molecular formula is C77H138O6. The fourth-order valence-electron chi connectivity index (χ4n) is 10.7. The van der Waals surface area contributed by atoms with Gasteiger partial charge in [-0.05, 0) is 109 Å². The van der Waals surface area contributed by atoms with E-state index in [2.05, 4.69) is 93.7 Å². The van der Waals surface area contributed by atoms with E-state index in [1.807, 2.05) is 0 Å². The van der Waals surface area contributed by atoms with Crippen LogP contribution >= 0.6 is 0 Å². The van der Waals surface area contributed by atoms with Gasteiger partial charge in [0, 0.05) is 19.3 Å². The lowest BCUT2D eigenvalue weighted by atomic mass is 10.0. The number of rotatable bonds is 67. The zero-order valence-corrected chi connectivity index (χ0v) is 55.5. The average Bonchev–Trinajstić information content (AvgIpc) is 3.50. The number of allylic oxidation sites excluding steroid dienone is 12. The van der Waals surface area contributed by atoms with E-state index in [1.165, 1.54) is 250 Å². The Hall–Kier alpha value is -3.15. The van der Waals surface area contributed by atoms with E-state index >= 15 is 0 Å². The Kier molecular flexibility index (Phi) is 68.6. The molecule has 0 N–H and O–H groups in total. The third-order valence-electron chi connectivity index (χ3n) is 16.2. The van der Waals surface area contributed by atoms with Crippen LogP contribution in [0.25, 0.3) is 0 Å². The lowest BCUT2D eigenvalue weighted by Gasteiger charge is -2.18. The molecule has 0 saturated carbocycles. The van der Waals surface area contributed by atoms with Crippen LogP contribution in [0.5, 0.6) is 0 Å². The highest BCUT2D eigenvalue weighted by Gasteiger charge is 2.19. The van der Waals surface area contributed by atoms with Crippen LogP contribution in [-0.4, -0.2) is 37.2 Å². The van der Waals surface area contributed by atoms with Crippen LogP contribution in [-0.2, 0) is 28.6 Å². The van der Waals surface area contributed by atoms with Gasteiger partial charge >= 0.3 is 17.9 Å². The molecule has 0 rings (SSSR count). The van der Waals surface area contributed by atoms with Crippen LogP contribution in [0.4, 0.5) is 0 Å². The Morgan fingerprint density at radius 1 is 0.253 bits per heavy atom. The second-order valence-electron chi connectivity index (χ2n) is 24.5. The van der Waals surface area contributed by atoms with Crippen molar-refractivity contribution in [2.45, 2.75) is 386 Å². The summed E-state index contributed by atoms with van der Waals surface area (Å²) in [5.41, 5.74) is 0. The molecule has 482 valence electrons. The maximum atomic E-state index is 12.9. The van der Waals surface area contributed by atoms with Crippen molar-refractivity contribution in [1.82, 2.24) is 0 Å². The van der Waals surface area contributed by atoms with Crippen molar-refractivity contribution in [1.29, 1.82) is 0 Å². The zero-order chi connectivity index (χ0) is 59.9. The molecule has 83 heavy (non-hydrogen) atoms. The maximum absolute atomic E-state index is 12.9. The van der Waals surface area contributed by atoms with Crippen molar-refractivity contribution in [2.75, 3.05) is 13.2 Å². The zero-order valence-electron chi connectivity index (χ0n) is 55.5. The monoisotopic (exact) mass is 1160 g/mol. The largest absolute Gasteiger partial charge is 0.462 e. The predicted octanol–water partition coefficient (Wildman–Crippen LogP) is 25.2. The van der Waals surface area contributed by atoms with Crippen LogP contribution in [0.2, 0.25) is 0 Å². The van der Waals surface area contributed by atoms with Crippen molar-refractivity contribution < 1.29 is 28.6 Å². The van der Waals surface area contributed by atoms with Gasteiger partial charge in [-0.1, -0.05) is 325 Å². The number of ether oxygens (including phenoxy) is 3. The minimum Gasteiger partial charge on any atom is -0.462 e. The normalized spacial score (nSPS) is 12.5. The summed E-state index contributed by atoms with van der Waals surface area (Å²) >= 11 is 0. The Morgan fingerprint density at radius 3 is 0.747 bits per heavy atom. The summed E-state index contributed by atoms with van der Waals surface area (Å²) in [6, 6.07) is 0. The molecule has 1 atom stereocenters. The van der Waals surface area contributed by atoms with Gasteiger partial charge < -0.3 is 14.2 Å². The Labute approximate surface area is 516 Å². The van der Waals surface area contributed by atoms with Gasteiger partial charge in [0.15, 0.2) is 6.10 Å². The smallest absolute Gasteiger partial charge is 0.306 e. The van der Waals surface area contributed by atoms with Gasteiger partial charge in [0.25, 0.3) is 0 Å². The van der Waals surface area contributed by atoms with Gasteiger partial charge in [-0.15, -0.1) is 0 Å². The van der Waals surface area contributed by atoms with Crippen molar-refractivity contribution in [3.05, 3.63) is 72.9 Å². The van der Waals surface area contributed by atoms with E-state index in [0.29, 0.717) is 19.3 Å². The first-order chi connectivity index (χ1) is 41.0. The van der Waals surface area contributed by atoms with Gasteiger partial charge in [0.2, 0.25) is 0 Å². The van der Waals surface area contributed by atoms with Crippen LogP contribution < -0.4 is 0 Å². The van der Waals surface area contributed by atoms with E-state index in [-0.39, 0.29) is 31.1 Å². The van der Waals surface area contributed by atoms with Crippen molar-refractivity contribution >= 4 is 17.9 Å². The molecule has 0 spiro atoms. The molecule has 0 bridgehead atoms. The lowest BCUT2D eigenvalue weighted by Crippen LogP contribution is -2.30. The summed E-state index contributed by atoms with van der Waals surface area (Å²) in [6.07, 6.45) is 93.7. The molecule has 0 aliphatic heterocycles. The fraction of sp³-hybridized carbons (Fsp3) is 0.805. The molecule has 0 aliphatic carbocycles. The first-order valence-electron chi connectivity index (χ1n) is 36.4. The van der Waals surface area contributed by atoms with E-state index in [4.69, 9.17) is 14.2 Å². The number of hydrogen-bond donors (Lipinski definition) is 0. The summed E-state index contributed by atoms with van der Waals surface area (Å²) in [7, 11) is 0. The molecule has 6 heteroatoms. The third-order valence-corrected chi connectivity index (χ3v) is 16.2. The molecule has 0 aromatic rings. The number of esters is 3. The molecular weight excluding hydrogens is 1020 g/mol. The molecule has 1 unspecified atom stereocenters. The van der Waals surface area contributed by atoms with Crippen molar-refractivity contribution in [3.8, 4) is 0 Å². The second kappa shape index (κ2) is 71.3. The summed E-state index contributed by atoms with van der Waals surface area (Å²) in [5.74, 6) is -0.870. The minimum atomic E-state index is -0.783. The van der Waals surface area contributed by atoms with Gasteiger partial charge in [-0.25, -0.2) is 0 Å². The Balaban J connectivity index is 4.22. The second-order valence-corrected chi connectivity index (χ2v) is 24.5. The lowest BCUT2D eigenvalue weighted by molar-refractivity contribution is -0.167. The Morgan fingerprint density at radius 2 is 0.470 bits per heavy atom. The first kappa shape index (κ1) is 79.8. The van der Waals surface area contributed by atoms with E-state index in [9.17, 15) is 14.4 Å². The van der Waals surface area contributed by atoms with Crippen LogP contribution in [0.3, 0.4) is 0 Å². The highest BCUT2D eigenvalue weighted by molar-refractivity contribution is 5.71. The van der Waals surface area contributed by atoms with Crippen molar-refractivity contribution in [2.24, 2.45) is 0 Å². The van der Waals surface area contributed by atoms with Gasteiger partial charge in [-0.2, -0.15) is 0 Å². The standard InChI is InChI=1S/C77H138O6/c1-4-7-10-13-16-19-22-25-28-31-32-33-34-35-36-37-38-39-40-41-42-43-44-47-49-52-55-58-61-64-67-70-76(79)82-73-74(83-77(80)71-68-65-62-59-56-53-50-46-30-27-24-21-18-15-12-9-6-3)72-81-75(78)69-66-63-60-57-54-51-48-45-29-26-23-20-17-14-11-8-5-2/h9,12,18,21-22,25-27,29-32,74H,4-8,10-11,13-17,19-20,23-24,28,33-73H2,1-3H3/b12-9-,21-18-,25-22-,29-26-,30-27-,32-31-. The summed E-state index contributed by atoms with van der Waals surface area (Å²) in [6.45, 7) is 6.56. The quantitative estimate of drug-likeness (QED) is 0.0261. The minimum absolute atomic E-state index is 0.0773. The first-order valence-corrected chi connectivity index (χ1v) is 36.4. The van der Waals surface area contributed by atoms with Gasteiger partial charge in [-0.3, -0.25) is 14.4 Å². The molecule has 0 saturated heterocycles. The summed E-state index contributed by atoms with van der Waals surface area (Å²) in [5, 5.41) is 0. The van der Waals surface area contributed by atoms with Crippen LogP contribution in [0.1, 0.15) is 380 Å². The number of carbonyl (C=O) groups excluding carboxylic acids is 3. The topological polar surface area (TPSA) is 78.9 Å². The maximum Gasteiger partial charge on any atom is 0.306 e. The van der Waals surface area contributed by atoms with Crippen LogP contribution in [0.15, 0.2) is 72.9 Å². The van der Waals surface area contributed by atoms with E-state index < -0.39 is 6.10 Å². The highest BCUT2D eigenvalue weighted by Crippen LogP contribution is 2.18. The average molecular weight is 1160 g/mol. The number of hydrogen-bond acceptors (Lipinski definition) is 6. The summed E-state index contributed by atoms with van der Waals surface area (Å²) in [4.78, 5) is 38.5. The highest BCUT2D eigenvalue weighted by atomic mass is 16.6. The molecule has 0 aromatic heterocycles. The number of unbranched alkanes of at least 4 members (excludes halogenated alkanes) is 44. The SMILES string of the molecule is CC/C=C\C/C=C\C/C=C\CCCCCCCCCC(=O)OC(COC(=O)CCCCCCCCC/C=C\CCCCCCCC)COC(=O)CCCCCCCCCCCCCCCCCCCCC/C=C\C/C=C\CCCCCCC.